The number of benzene rings is 1. The molecule has 0 bridgehead atoms. The maximum atomic E-state index is 10.6. The van der Waals surface area contributed by atoms with Gasteiger partial charge in [0.2, 0.25) is 0 Å². The third kappa shape index (κ3) is 1.72. The quantitative estimate of drug-likeness (QED) is 0.696. The van der Waals surface area contributed by atoms with Gasteiger partial charge in [-0.25, -0.2) is 0 Å². The Morgan fingerprint density at radius 3 is 2.25 bits per heavy atom. The first-order valence-electron chi connectivity index (χ1n) is 3.23. The first kappa shape index (κ1) is 8.96. The second-order valence-electron chi connectivity index (χ2n) is 2.20. The fourth-order valence-electron chi connectivity index (χ4n) is 0.877. The van der Waals surface area contributed by atoms with Crippen LogP contribution in [0.1, 0.15) is 5.56 Å². The molecule has 0 aromatic heterocycles. The van der Waals surface area contributed by atoms with Crippen molar-refractivity contribution in [3.8, 4) is 0 Å². The minimum atomic E-state index is -4.37. The van der Waals surface area contributed by atoms with Gasteiger partial charge < -0.3 is 0 Å². The molecule has 0 atom stereocenters. The molecule has 1 aromatic rings. The monoisotopic (exact) mass is 183 g/mol. The van der Waals surface area contributed by atoms with Crippen LogP contribution in [0.15, 0.2) is 35.7 Å². The maximum absolute atomic E-state index is 10.6. The molecule has 4 heteroatoms. The second kappa shape index (κ2) is 3.08. The highest BCUT2D eigenvalue weighted by atomic mass is 32.2. The molecule has 63 valence electrons. The molecule has 0 unspecified atom stereocenters. The van der Waals surface area contributed by atoms with E-state index in [2.05, 4.69) is 6.58 Å². The van der Waals surface area contributed by atoms with Crippen molar-refractivity contribution in [1.82, 2.24) is 0 Å². The fourth-order valence-corrected chi connectivity index (χ4v) is 1.56. The summed E-state index contributed by atoms with van der Waals surface area (Å²) in [6.45, 7) is 3.40. The van der Waals surface area contributed by atoms with Crippen molar-refractivity contribution in [3.05, 3.63) is 36.4 Å². The highest BCUT2D eigenvalue weighted by molar-refractivity contribution is 7.85. The molecule has 0 spiro atoms. The zero-order valence-electron chi connectivity index (χ0n) is 6.23. The molecular weight excluding hydrogens is 176 g/mol. The van der Waals surface area contributed by atoms with E-state index >= 15 is 0 Å². The normalized spacial score (nSPS) is 11.1. The Kier molecular flexibility index (Phi) is 2.30. The van der Waals surface area contributed by atoms with Gasteiger partial charge in [-0.1, -0.05) is 35.4 Å². The summed E-state index contributed by atoms with van der Waals surface area (Å²) in [6.07, 6.45) is 1.34. The summed E-state index contributed by atoms with van der Waals surface area (Å²) >= 11 is 0. The molecular formula is C8H7O3S. The molecule has 0 aliphatic rings. The summed E-state index contributed by atoms with van der Waals surface area (Å²) in [4.78, 5) is -0.222. The first-order chi connectivity index (χ1) is 5.55. The van der Waals surface area contributed by atoms with Gasteiger partial charge in [0.1, 0.15) is 4.90 Å². The Morgan fingerprint density at radius 1 is 1.25 bits per heavy atom. The molecule has 1 aromatic carbocycles. The number of hydrogen-bond acceptors (Lipinski definition) is 2. The lowest BCUT2D eigenvalue weighted by Crippen LogP contribution is -1.98. The summed E-state index contributed by atoms with van der Waals surface area (Å²) < 4.78 is 31.8. The molecule has 1 rings (SSSR count). The van der Waals surface area contributed by atoms with Gasteiger partial charge in [0.15, 0.2) is 0 Å². The van der Waals surface area contributed by atoms with Gasteiger partial charge in [-0.3, -0.25) is 0 Å². The van der Waals surface area contributed by atoms with E-state index in [1.807, 2.05) is 0 Å². The van der Waals surface area contributed by atoms with Gasteiger partial charge in [-0.05, 0) is 11.6 Å². The Labute approximate surface area is 71.1 Å². The molecule has 3 nitrogen and oxygen atoms in total. The van der Waals surface area contributed by atoms with Crippen LogP contribution in [0.5, 0.6) is 0 Å². The lowest BCUT2D eigenvalue weighted by Gasteiger charge is -1.98. The SMILES string of the molecule is C=Cc1ccccc1S([O])(=O)=O. The smallest absolute Gasteiger partial charge is 0.192 e. The third-order valence-corrected chi connectivity index (χ3v) is 2.32. The van der Waals surface area contributed by atoms with Crippen LogP contribution in [0, 0.1) is 0 Å². The van der Waals surface area contributed by atoms with E-state index < -0.39 is 10.1 Å². The molecule has 0 N–H and O–H groups in total. The molecule has 0 fully saturated rings. The zero-order valence-corrected chi connectivity index (χ0v) is 7.04. The van der Waals surface area contributed by atoms with Crippen LogP contribution in [-0.4, -0.2) is 8.42 Å². The van der Waals surface area contributed by atoms with E-state index in [-0.39, 0.29) is 4.90 Å². The van der Waals surface area contributed by atoms with Gasteiger partial charge in [0, 0.05) is 0 Å². The summed E-state index contributed by atoms with van der Waals surface area (Å²) in [5.41, 5.74) is 0.340. The largest absolute Gasteiger partial charge is 0.324 e. The summed E-state index contributed by atoms with van der Waals surface area (Å²) in [7, 11) is -4.37. The molecule has 0 saturated heterocycles. The standard InChI is InChI=1S/C8H7O3S/c1-2-7-5-3-4-6-8(7)12(9,10)11/h2-6H,1H2. The Balaban J connectivity index is 3.43. The maximum Gasteiger partial charge on any atom is 0.324 e. The lowest BCUT2D eigenvalue weighted by atomic mass is 10.2. The van der Waals surface area contributed by atoms with E-state index in [1.165, 1.54) is 24.3 Å². The predicted octanol–water partition coefficient (Wildman–Crippen LogP) is 1.45. The summed E-state index contributed by atoms with van der Waals surface area (Å²) in [5.74, 6) is 0. The molecule has 0 aliphatic carbocycles. The molecule has 1 radical (unpaired) electrons. The summed E-state index contributed by atoms with van der Waals surface area (Å²) in [5, 5.41) is 0. The number of rotatable bonds is 2. The lowest BCUT2D eigenvalue weighted by molar-refractivity contribution is 0.414. The summed E-state index contributed by atoms with van der Waals surface area (Å²) in [6, 6.07) is 5.93. The molecule has 0 heterocycles. The molecule has 0 saturated carbocycles. The van der Waals surface area contributed by atoms with Crippen molar-refractivity contribution < 1.29 is 13.0 Å². The van der Waals surface area contributed by atoms with Crippen LogP contribution in [0.3, 0.4) is 0 Å². The predicted molar refractivity (Wildman–Crippen MR) is 44.4 cm³/mol. The number of hydrogen-bond donors (Lipinski definition) is 0. The van der Waals surface area contributed by atoms with Gasteiger partial charge in [0.05, 0.1) is 0 Å². The highest BCUT2D eigenvalue weighted by Gasteiger charge is 2.13. The van der Waals surface area contributed by atoms with Crippen LogP contribution in [0.25, 0.3) is 6.08 Å². The molecule has 0 amide bonds. The van der Waals surface area contributed by atoms with E-state index in [1.54, 1.807) is 6.07 Å². The molecule has 12 heavy (non-hydrogen) atoms. The van der Waals surface area contributed by atoms with E-state index in [0.717, 1.165) is 0 Å². The van der Waals surface area contributed by atoms with Crippen LogP contribution >= 0.6 is 0 Å². The van der Waals surface area contributed by atoms with Crippen molar-refractivity contribution in [2.75, 3.05) is 0 Å². The van der Waals surface area contributed by atoms with E-state index in [9.17, 15) is 13.0 Å². The van der Waals surface area contributed by atoms with Crippen molar-refractivity contribution in [2.24, 2.45) is 0 Å². The molecule has 0 aliphatic heterocycles. The van der Waals surface area contributed by atoms with Crippen LogP contribution in [-0.2, 0) is 14.7 Å². The first-order valence-corrected chi connectivity index (χ1v) is 4.64. The van der Waals surface area contributed by atoms with E-state index in [0.29, 0.717) is 5.56 Å². The van der Waals surface area contributed by atoms with Crippen molar-refractivity contribution in [3.63, 3.8) is 0 Å². The van der Waals surface area contributed by atoms with Crippen molar-refractivity contribution >= 4 is 16.2 Å². The van der Waals surface area contributed by atoms with Gasteiger partial charge in [0.25, 0.3) is 0 Å². The third-order valence-electron chi connectivity index (χ3n) is 1.41. The minimum Gasteiger partial charge on any atom is -0.192 e. The van der Waals surface area contributed by atoms with Crippen molar-refractivity contribution in [2.45, 2.75) is 4.90 Å². The van der Waals surface area contributed by atoms with Crippen LogP contribution < -0.4 is 0 Å². The Bertz CT molecular complexity index is 393. The Hall–Kier alpha value is -1.13. The topological polar surface area (TPSA) is 54.0 Å². The van der Waals surface area contributed by atoms with Crippen LogP contribution in [0.4, 0.5) is 0 Å². The Morgan fingerprint density at radius 2 is 1.83 bits per heavy atom. The fraction of sp³-hybridized carbons (Fsp3) is 0. The van der Waals surface area contributed by atoms with Crippen molar-refractivity contribution in [1.29, 1.82) is 0 Å². The average molecular weight is 183 g/mol. The van der Waals surface area contributed by atoms with Gasteiger partial charge >= 0.3 is 10.1 Å². The minimum absolute atomic E-state index is 0.222. The van der Waals surface area contributed by atoms with Crippen LogP contribution in [0.2, 0.25) is 0 Å². The average Bonchev–Trinajstić information content (AvgIpc) is 2.03. The van der Waals surface area contributed by atoms with E-state index in [4.69, 9.17) is 0 Å². The zero-order chi connectivity index (χ0) is 9.19. The second-order valence-corrected chi connectivity index (χ2v) is 3.54. The highest BCUT2D eigenvalue weighted by Crippen LogP contribution is 2.15. The van der Waals surface area contributed by atoms with Gasteiger partial charge in [-0.15, -0.1) is 0 Å². The van der Waals surface area contributed by atoms with Gasteiger partial charge in [-0.2, -0.15) is 8.42 Å².